The first-order chi connectivity index (χ1) is 11.8. The van der Waals surface area contributed by atoms with E-state index in [4.69, 9.17) is 0 Å². The van der Waals surface area contributed by atoms with Gasteiger partial charge in [0.05, 0.1) is 11.1 Å². The lowest BCUT2D eigenvalue weighted by Crippen LogP contribution is -2.39. The molecule has 1 N–H and O–H groups in total. The maximum absolute atomic E-state index is 12.5. The van der Waals surface area contributed by atoms with Crippen molar-refractivity contribution in [3.63, 3.8) is 0 Å². The van der Waals surface area contributed by atoms with Crippen LogP contribution in [0.3, 0.4) is 0 Å². The van der Waals surface area contributed by atoms with Gasteiger partial charge in [-0.2, -0.15) is 5.10 Å². The van der Waals surface area contributed by atoms with E-state index in [9.17, 15) is 13.2 Å². The summed E-state index contributed by atoms with van der Waals surface area (Å²) < 4.78 is 25.3. The van der Waals surface area contributed by atoms with Gasteiger partial charge in [0.15, 0.2) is 9.84 Å². The molecular weight excluding hydrogens is 338 g/mol. The number of aromatic nitrogens is 2. The molecule has 1 atom stereocenters. The zero-order chi connectivity index (χ0) is 18.2. The lowest BCUT2D eigenvalue weighted by molar-refractivity contribution is 0.0933. The second-order valence-corrected chi connectivity index (χ2v) is 8.88. The van der Waals surface area contributed by atoms with Gasteiger partial charge in [-0.1, -0.05) is 6.07 Å². The minimum atomic E-state index is -3.33. The molecule has 0 aliphatic heterocycles. The maximum atomic E-state index is 12.5. The van der Waals surface area contributed by atoms with E-state index in [1.54, 1.807) is 12.1 Å². The highest BCUT2D eigenvalue weighted by Gasteiger charge is 2.25. The first kappa shape index (κ1) is 17.7. The lowest BCUT2D eigenvalue weighted by Gasteiger charge is -2.25. The van der Waals surface area contributed by atoms with E-state index in [0.717, 1.165) is 25.5 Å². The molecule has 0 bridgehead atoms. The summed E-state index contributed by atoms with van der Waals surface area (Å²) in [5.74, 6) is -0.241. The van der Waals surface area contributed by atoms with Crippen molar-refractivity contribution in [2.75, 3.05) is 6.26 Å². The number of fused-ring (bicyclic) bond motifs is 1. The Kier molecular flexibility index (Phi) is 4.69. The van der Waals surface area contributed by atoms with Crippen molar-refractivity contribution >= 4 is 15.7 Å². The average Bonchev–Trinajstić information content (AvgIpc) is 2.97. The highest BCUT2D eigenvalue weighted by Crippen LogP contribution is 2.24. The van der Waals surface area contributed by atoms with Crippen LogP contribution in [0, 0.1) is 0 Å². The van der Waals surface area contributed by atoms with Crippen LogP contribution in [-0.4, -0.2) is 36.4 Å². The fourth-order valence-electron chi connectivity index (χ4n) is 3.23. The topological polar surface area (TPSA) is 81.1 Å². The number of sulfone groups is 1. The van der Waals surface area contributed by atoms with Crippen LogP contribution in [0.2, 0.25) is 0 Å². The quantitative estimate of drug-likeness (QED) is 0.905. The molecule has 2 aromatic rings. The second-order valence-electron chi connectivity index (χ2n) is 6.87. The van der Waals surface area contributed by atoms with E-state index >= 15 is 0 Å². The van der Waals surface area contributed by atoms with Crippen LogP contribution in [0.5, 0.6) is 0 Å². The highest BCUT2D eigenvalue weighted by molar-refractivity contribution is 7.90. The summed E-state index contributed by atoms with van der Waals surface area (Å²) >= 11 is 0. The Balaban J connectivity index is 1.75. The predicted molar refractivity (Wildman–Crippen MR) is 95.4 cm³/mol. The van der Waals surface area contributed by atoms with Gasteiger partial charge in [-0.05, 0) is 50.5 Å². The number of carbonyl (C=O) groups excluding carboxylic acids is 1. The molecule has 134 valence electrons. The number of hydrogen-bond acceptors (Lipinski definition) is 4. The number of carbonyl (C=O) groups is 1. The summed E-state index contributed by atoms with van der Waals surface area (Å²) in [5.41, 5.74) is 2.79. The SMILES string of the molecule is CC(C)n1ncc2c1C[C@H](NC(=O)c1cccc(S(C)(=O)=O)c1)CC2. The van der Waals surface area contributed by atoms with Gasteiger partial charge in [0.25, 0.3) is 5.91 Å². The lowest BCUT2D eigenvalue weighted by atomic mass is 9.93. The van der Waals surface area contributed by atoms with Gasteiger partial charge in [0.2, 0.25) is 0 Å². The number of nitrogens with zero attached hydrogens (tertiary/aromatic N) is 2. The Morgan fingerprint density at radius 1 is 1.36 bits per heavy atom. The maximum Gasteiger partial charge on any atom is 0.251 e. The molecule has 0 unspecified atom stereocenters. The highest BCUT2D eigenvalue weighted by atomic mass is 32.2. The molecule has 0 fully saturated rings. The minimum absolute atomic E-state index is 0.0242. The number of aryl methyl sites for hydroxylation is 1. The monoisotopic (exact) mass is 361 g/mol. The smallest absolute Gasteiger partial charge is 0.251 e. The van der Waals surface area contributed by atoms with Gasteiger partial charge in [0.1, 0.15) is 0 Å². The zero-order valence-electron chi connectivity index (χ0n) is 14.7. The third-order valence-electron chi connectivity index (χ3n) is 4.54. The molecule has 1 aliphatic rings. The molecule has 0 spiro atoms. The first-order valence-corrected chi connectivity index (χ1v) is 10.3. The molecule has 1 aliphatic carbocycles. The van der Waals surface area contributed by atoms with Crippen LogP contribution in [0.25, 0.3) is 0 Å². The van der Waals surface area contributed by atoms with Gasteiger partial charge in [-0.3, -0.25) is 9.48 Å². The van der Waals surface area contributed by atoms with Crippen LogP contribution in [-0.2, 0) is 22.7 Å². The molecule has 0 saturated carbocycles. The molecule has 6 nitrogen and oxygen atoms in total. The summed E-state index contributed by atoms with van der Waals surface area (Å²) in [5, 5.41) is 7.48. The molecule has 0 saturated heterocycles. The third-order valence-corrected chi connectivity index (χ3v) is 5.65. The molecule has 1 aromatic carbocycles. The second kappa shape index (κ2) is 6.63. The van der Waals surface area contributed by atoms with E-state index in [1.807, 2.05) is 10.9 Å². The molecule has 1 amide bonds. The van der Waals surface area contributed by atoms with Crippen molar-refractivity contribution in [1.29, 1.82) is 0 Å². The average molecular weight is 361 g/mol. The molecule has 0 radical (unpaired) electrons. The Morgan fingerprint density at radius 2 is 2.12 bits per heavy atom. The Hall–Kier alpha value is -2.15. The summed E-state index contributed by atoms with van der Waals surface area (Å²) in [6, 6.07) is 6.47. The molecule has 1 aromatic heterocycles. The number of amides is 1. The number of nitrogens with one attached hydrogen (secondary N) is 1. The van der Waals surface area contributed by atoms with E-state index in [2.05, 4.69) is 24.3 Å². The van der Waals surface area contributed by atoms with Crippen molar-refractivity contribution in [3.8, 4) is 0 Å². The van der Waals surface area contributed by atoms with Gasteiger partial charge in [-0.25, -0.2) is 8.42 Å². The van der Waals surface area contributed by atoms with Gasteiger partial charge >= 0.3 is 0 Å². The van der Waals surface area contributed by atoms with Crippen molar-refractivity contribution < 1.29 is 13.2 Å². The summed E-state index contributed by atoms with van der Waals surface area (Å²) in [4.78, 5) is 12.7. The molecular formula is C18H23N3O3S. The van der Waals surface area contributed by atoms with E-state index in [-0.39, 0.29) is 22.9 Å². The Labute approximate surface area is 148 Å². The van der Waals surface area contributed by atoms with Gasteiger partial charge < -0.3 is 5.32 Å². The molecule has 25 heavy (non-hydrogen) atoms. The van der Waals surface area contributed by atoms with Crippen LogP contribution >= 0.6 is 0 Å². The largest absolute Gasteiger partial charge is 0.349 e. The zero-order valence-corrected chi connectivity index (χ0v) is 15.5. The standard InChI is InChI=1S/C18H23N3O3S/c1-12(2)21-17-10-15(8-7-14(17)11-19-21)20-18(22)13-5-4-6-16(9-13)25(3,23)24/h4-6,9,11-12,15H,7-8,10H2,1-3H3,(H,20,22)/t15-/m1/s1. The van der Waals surface area contributed by atoms with Gasteiger partial charge in [0, 0.05) is 36.0 Å². The summed E-state index contributed by atoms with van der Waals surface area (Å²) in [7, 11) is -3.33. The fraction of sp³-hybridized carbons (Fsp3) is 0.444. The Morgan fingerprint density at radius 3 is 2.80 bits per heavy atom. The fourth-order valence-corrected chi connectivity index (χ4v) is 3.89. The van der Waals surface area contributed by atoms with Gasteiger partial charge in [-0.15, -0.1) is 0 Å². The van der Waals surface area contributed by atoms with E-state index in [1.165, 1.54) is 23.4 Å². The van der Waals surface area contributed by atoms with Crippen molar-refractivity contribution in [2.45, 2.75) is 50.1 Å². The molecule has 3 rings (SSSR count). The van der Waals surface area contributed by atoms with Crippen LogP contribution in [0.4, 0.5) is 0 Å². The summed E-state index contributed by atoms with van der Waals surface area (Å²) in [6.45, 7) is 4.18. The van der Waals surface area contributed by atoms with E-state index in [0.29, 0.717) is 5.56 Å². The number of hydrogen-bond donors (Lipinski definition) is 1. The minimum Gasteiger partial charge on any atom is -0.349 e. The Bertz CT molecular complexity index is 900. The molecule has 1 heterocycles. The van der Waals surface area contributed by atoms with Crippen LogP contribution < -0.4 is 5.32 Å². The van der Waals surface area contributed by atoms with Crippen LogP contribution in [0.1, 0.15) is 47.9 Å². The number of benzene rings is 1. The molecule has 7 heteroatoms. The normalized spacial score (nSPS) is 17.4. The first-order valence-electron chi connectivity index (χ1n) is 8.42. The predicted octanol–water partition coefficient (Wildman–Crippen LogP) is 2.15. The third kappa shape index (κ3) is 3.76. The van der Waals surface area contributed by atoms with E-state index < -0.39 is 9.84 Å². The van der Waals surface area contributed by atoms with Crippen molar-refractivity contribution in [3.05, 3.63) is 47.3 Å². The number of rotatable bonds is 4. The van der Waals surface area contributed by atoms with Crippen molar-refractivity contribution in [1.82, 2.24) is 15.1 Å². The summed E-state index contributed by atoms with van der Waals surface area (Å²) in [6.07, 6.45) is 5.54. The van der Waals surface area contributed by atoms with Crippen LogP contribution in [0.15, 0.2) is 35.4 Å². The van der Waals surface area contributed by atoms with Crippen molar-refractivity contribution in [2.24, 2.45) is 0 Å².